The fourth-order valence-electron chi connectivity index (χ4n) is 4.93. The third-order valence-corrected chi connectivity index (χ3v) is 8.62. The molecular formula is C25H23NO7S. The maximum Gasteiger partial charge on any atom is 0.352 e. The molecule has 9 heteroatoms. The van der Waals surface area contributed by atoms with Crippen LogP contribution in [0.5, 0.6) is 0 Å². The van der Waals surface area contributed by atoms with E-state index in [0.717, 1.165) is 17.7 Å². The predicted molar refractivity (Wildman–Crippen MR) is 121 cm³/mol. The van der Waals surface area contributed by atoms with Crippen molar-refractivity contribution < 1.29 is 32.6 Å². The van der Waals surface area contributed by atoms with Crippen molar-refractivity contribution in [1.29, 1.82) is 0 Å². The number of sulfone groups is 1. The standard InChI is InChI=1S/C25H23NO7S/c27-22-20(17-11-12-17)23-26(22)21(24(28)29)18(14-34(23,31)32)13-33-25(30)19(15-7-3-1-4-8-15)16-9-5-2-6-10-16/h1-10,17,19-20,23H,11-14H2,(H,28,29)/t20?,23-/m0/s1. The van der Waals surface area contributed by atoms with E-state index in [4.69, 9.17) is 4.74 Å². The van der Waals surface area contributed by atoms with E-state index in [1.807, 2.05) is 12.1 Å². The average Bonchev–Trinajstić information content (AvgIpc) is 3.64. The molecule has 5 rings (SSSR count). The molecule has 2 aromatic rings. The van der Waals surface area contributed by atoms with Gasteiger partial charge < -0.3 is 9.84 Å². The number of rotatable bonds is 7. The quantitative estimate of drug-likeness (QED) is 0.476. The molecule has 0 radical (unpaired) electrons. The normalized spacial score (nSPS) is 23.3. The molecule has 1 amide bonds. The minimum Gasteiger partial charge on any atom is -0.477 e. The average molecular weight is 482 g/mol. The Labute approximate surface area is 196 Å². The van der Waals surface area contributed by atoms with Gasteiger partial charge in [-0.3, -0.25) is 14.5 Å². The highest BCUT2D eigenvalue weighted by molar-refractivity contribution is 7.92. The summed E-state index contributed by atoms with van der Waals surface area (Å²) in [5.41, 5.74) is 0.894. The van der Waals surface area contributed by atoms with E-state index < -0.39 is 57.3 Å². The van der Waals surface area contributed by atoms with E-state index >= 15 is 0 Å². The minimum atomic E-state index is -3.81. The van der Waals surface area contributed by atoms with Crippen molar-refractivity contribution >= 4 is 27.7 Å². The lowest BCUT2D eigenvalue weighted by molar-refractivity contribution is -0.154. The van der Waals surface area contributed by atoms with Crippen LogP contribution >= 0.6 is 0 Å². The summed E-state index contributed by atoms with van der Waals surface area (Å²) in [6.45, 7) is -0.527. The van der Waals surface area contributed by atoms with Crippen LogP contribution in [0.3, 0.4) is 0 Å². The molecule has 34 heavy (non-hydrogen) atoms. The third-order valence-electron chi connectivity index (χ3n) is 6.63. The molecule has 1 saturated heterocycles. The molecule has 1 aliphatic carbocycles. The van der Waals surface area contributed by atoms with Gasteiger partial charge in [-0.1, -0.05) is 60.7 Å². The SMILES string of the molecule is O=C(O)C1=C(COC(=O)C(c2ccccc2)c2ccccc2)CS(=O)(=O)[C@H]2C(C3CC3)C(=O)N12. The van der Waals surface area contributed by atoms with Gasteiger partial charge in [0.25, 0.3) is 0 Å². The number of carboxylic acid groups (broad SMARTS) is 1. The molecule has 1 N–H and O–H groups in total. The van der Waals surface area contributed by atoms with Crippen LogP contribution < -0.4 is 0 Å². The van der Waals surface area contributed by atoms with Gasteiger partial charge in [0.1, 0.15) is 18.2 Å². The Morgan fingerprint density at radius 3 is 2.06 bits per heavy atom. The van der Waals surface area contributed by atoms with Gasteiger partial charge in [-0.25, -0.2) is 13.2 Å². The number of carbonyl (C=O) groups is 3. The Morgan fingerprint density at radius 2 is 1.56 bits per heavy atom. The Morgan fingerprint density at radius 1 is 1.00 bits per heavy atom. The lowest BCUT2D eigenvalue weighted by atomic mass is 9.91. The summed E-state index contributed by atoms with van der Waals surface area (Å²) in [5, 5.41) is 8.66. The molecule has 2 heterocycles. The Balaban J connectivity index is 1.43. The summed E-state index contributed by atoms with van der Waals surface area (Å²) in [4.78, 5) is 38.8. The zero-order chi connectivity index (χ0) is 24.0. The number of esters is 1. The minimum absolute atomic E-state index is 0.00421. The van der Waals surface area contributed by atoms with Gasteiger partial charge >= 0.3 is 11.9 Å². The van der Waals surface area contributed by atoms with E-state index in [1.54, 1.807) is 48.5 Å². The molecule has 2 atom stereocenters. The van der Waals surface area contributed by atoms with Crippen molar-refractivity contribution in [1.82, 2.24) is 4.90 Å². The highest BCUT2D eigenvalue weighted by Gasteiger charge is 2.63. The number of fused-ring (bicyclic) bond motifs is 1. The number of amides is 1. The second kappa shape index (κ2) is 8.39. The van der Waals surface area contributed by atoms with Crippen LogP contribution in [-0.2, 0) is 29.0 Å². The monoisotopic (exact) mass is 481 g/mol. The van der Waals surface area contributed by atoms with Crippen molar-refractivity contribution in [3.63, 3.8) is 0 Å². The fraction of sp³-hybridized carbons (Fsp3) is 0.320. The van der Waals surface area contributed by atoms with Gasteiger partial charge in [0, 0.05) is 5.57 Å². The van der Waals surface area contributed by atoms with Crippen molar-refractivity contribution in [2.24, 2.45) is 11.8 Å². The van der Waals surface area contributed by atoms with Crippen molar-refractivity contribution in [3.8, 4) is 0 Å². The molecule has 2 fully saturated rings. The summed E-state index contributed by atoms with van der Waals surface area (Å²) in [7, 11) is -3.81. The number of hydrogen-bond acceptors (Lipinski definition) is 6. The third kappa shape index (κ3) is 3.79. The number of carbonyl (C=O) groups excluding carboxylic acids is 2. The summed E-state index contributed by atoms with van der Waals surface area (Å²) in [6.07, 6.45) is 1.54. The van der Waals surface area contributed by atoms with Gasteiger partial charge in [-0.05, 0) is 29.9 Å². The second-order valence-electron chi connectivity index (χ2n) is 8.89. The van der Waals surface area contributed by atoms with E-state index in [2.05, 4.69) is 0 Å². The molecule has 3 aliphatic rings. The first-order chi connectivity index (χ1) is 16.3. The molecule has 2 aliphatic heterocycles. The first-order valence-corrected chi connectivity index (χ1v) is 12.8. The molecule has 0 aromatic heterocycles. The smallest absolute Gasteiger partial charge is 0.352 e. The van der Waals surface area contributed by atoms with Crippen molar-refractivity contribution in [2.45, 2.75) is 24.1 Å². The number of benzene rings is 2. The Kier molecular flexibility index (Phi) is 5.51. The van der Waals surface area contributed by atoms with Crippen LogP contribution in [0.1, 0.15) is 29.9 Å². The van der Waals surface area contributed by atoms with Crippen LogP contribution in [0.15, 0.2) is 71.9 Å². The van der Waals surface area contributed by atoms with Crippen molar-refractivity contribution in [2.75, 3.05) is 12.4 Å². The summed E-state index contributed by atoms with van der Waals surface area (Å²) >= 11 is 0. The first-order valence-electron chi connectivity index (χ1n) is 11.1. The van der Waals surface area contributed by atoms with E-state index in [0.29, 0.717) is 11.1 Å². The van der Waals surface area contributed by atoms with E-state index in [9.17, 15) is 27.9 Å². The summed E-state index contributed by atoms with van der Waals surface area (Å²) in [5.74, 6) is -4.53. The largest absolute Gasteiger partial charge is 0.477 e. The summed E-state index contributed by atoms with van der Waals surface area (Å²) in [6, 6.07) is 18.0. The fourth-order valence-corrected chi connectivity index (χ4v) is 7.12. The van der Waals surface area contributed by atoms with Crippen molar-refractivity contribution in [3.05, 3.63) is 83.1 Å². The van der Waals surface area contributed by atoms with Crippen LogP contribution in [-0.4, -0.2) is 54.0 Å². The first kappa shape index (κ1) is 22.3. The molecule has 0 spiro atoms. The van der Waals surface area contributed by atoms with Gasteiger partial charge in [-0.15, -0.1) is 0 Å². The molecule has 1 saturated carbocycles. The topological polar surface area (TPSA) is 118 Å². The number of aliphatic carboxylic acids is 1. The van der Waals surface area contributed by atoms with Gasteiger partial charge in [0.15, 0.2) is 15.2 Å². The van der Waals surface area contributed by atoms with E-state index in [1.165, 1.54) is 0 Å². The second-order valence-corrected chi connectivity index (χ2v) is 11.0. The zero-order valence-electron chi connectivity index (χ0n) is 18.2. The lowest BCUT2D eigenvalue weighted by Crippen LogP contribution is -2.67. The lowest BCUT2D eigenvalue weighted by Gasteiger charge is -2.49. The number of ether oxygens (including phenoxy) is 1. The van der Waals surface area contributed by atoms with Crippen LogP contribution in [0.2, 0.25) is 0 Å². The maximum atomic E-state index is 13.2. The van der Waals surface area contributed by atoms with Crippen LogP contribution in [0.25, 0.3) is 0 Å². The van der Waals surface area contributed by atoms with Crippen LogP contribution in [0, 0.1) is 11.8 Å². The Hall–Kier alpha value is -3.46. The molecule has 8 nitrogen and oxygen atoms in total. The van der Waals surface area contributed by atoms with Gasteiger partial charge in [0.05, 0.1) is 11.7 Å². The number of hydrogen-bond donors (Lipinski definition) is 1. The molecule has 2 aromatic carbocycles. The Bertz CT molecular complexity index is 1240. The number of nitrogens with zero attached hydrogens (tertiary/aromatic N) is 1. The summed E-state index contributed by atoms with van der Waals surface area (Å²) < 4.78 is 31.4. The number of carboxylic acids is 1. The maximum absolute atomic E-state index is 13.2. The van der Waals surface area contributed by atoms with E-state index in [-0.39, 0.29) is 17.2 Å². The van der Waals surface area contributed by atoms with Gasteiger partial charge in [-0.2, -0.15) is 0 Å². The molecule has 176 valence electrons. The highest BCUT2D eigenvalue weighted by Crippen LogP contribution is 2.51. The highest BCUT2D eigenvalue weighted by atomic mass is 32.2. The molecular weight excluding hydrogens is 458 g/mol. The van der Waals surface area contributed by atoms with Gasteiger partial charge in [0.2, 0.25) is 5.91 Å². The zero-order valence-corrected chi connectivity index (χ0v) is 19.0. The number of β-lactam (4-membered cyclic amide) rings is 1. The molecule has 0 bridgehead atoms. The molecule has 1 unspecified atom stereocenters. The predicted octanol–water partition coefficient (Wildman–Crippen LogP) is 2.32. The van der Waals surface area contributed by atoms with Crippen LogP contribution in [0.4, 0.5) is 0 Å².